The van der Waals surface area contributed by atoms with Gasteiger partial charge in [-0.05, 0) is 38.3 Å². The van der Waals surface area contributed by atoms with Crippen molar-refractivity contribution in [2.45, 2.75) is 45.9 Å². The Morgan fingerprint density at radius 2 is 2.20 bits per heavy atom. The predicted molar refractivity (Wildman–Crippen MR) is 75.6 cm³/mol. The lowest BCUT2D eigenvalue weighted by Crippen LogP contribution is -2.15. The molecule has 20 heavy (non-hydrogen) atoms. The molecule has 0 atom stereocenters. The molecule has 0 saturated heterocycles. The first-order chi connectivity index (χ1) is 9.61. The van der Waals surface area contributed by atoms with Gasteiger partial charge in [-0.1, -0.05) is 0 Å². The van der Waals surface area contributed by atoms with Crippen molar-refractivity contribution in [3.05, 3.63) is 34.9 Å². The van der Waals surface area contributed by atoms with Crippen molar-refractivity contribution in [3.8, 4) is 5.88 Å². The van der Waals surface area contributed by atoms with Crippen LogP contribution in [0.4, 0.5) is 0 Å². The van der Waals surface area contributed by atoms with Crippen LogP contribution < -0.4 is 10.1 Å². The molecule has 1 aliphatic rings. The van der Waals surface area contributed by atoms with Crippen LogP contribution in [0.5, 0.6) is 5.88 Å². The summed E-state index contributed by atoms with van der Waals surface area (Å²) in [6.07, 6.45) is 2.57. The number of hydrogen-bond acceptors (Lipinski definition) is 4. The molecule has 0 aliphatic heterocycles. The van der Waals surface area contributed by atoms with Gasteiger partial charge >= 0.3 is 0 Å². The van der Waals surface area contributed by atoms with Crippen LogP contribution in [0.25, 0.3) is 0 Å². The number of rotatable bonds is 6. The average Bonchev–Trinajstić information content (AvgIpc) is 3.08. The fourth-order valence-electron chi connectivity index (χ4n) is 2.23. The van der Waals surface area contributed by atoms with E-state index in [2.05, 4.69) is 17.3 Å². The van der Waals surface area contributed by atoms with Crippen molar-refractivity contribution in [3.63, 3.8) is 0 Å². The average molecular weight is 275 g/mol. The van der Waals surface area contributed by atoms with Crippen molar-refractivity contribution in [1.82, 2.24) is 15.1 Å². The normalized spacial score (nSPS) is 14.8. The molecule has 1 N–H and O–H groups in total. The van der Waals surface area contributed by atoms with E-state index in [1.165, 1.54) is 18.4 Å². The third kappa shape index (κ3) is 3.04. The van der Waals surface area contributed by atoms with E-state index in [-0.39, 0.29) is 0 Å². The van der Waals surface area contributed by atoms with Gasteiger partial charge in [0.25, 0.3) is 0 Å². The molecule has 2 aromatic heterocycles. The molecule has 0 unspecified atom stereocenters. The van der Waals surface area contributed by atoms with Crippen LogP contribution in [0.3, 0.4) is 0 Å². The van der Waals surface area contributed by atoms with Gasteiger partial charge in [0.05, 0.1) is 12.2 Å². The highest BCUT2D eigenvalue weighted by Crippen LogP contribution is 2.22. The van der Waals surface area contributed by atoms with Crippen molar-refractivity contribution >= 4 is 0 Å². The second-order valence-corrected chi connectivity index (χ2v) is 5.51. The fourth-order valence-corrected chi connectivity index (χ4v) is 2.23. The van der Waals surface area contributed by atoms with E-state index in [1.807, 2.05) is 26.1 Å². The van der Waals surface area contributed by atoms with Gasteiger partial charge in [0, 0.05) is 19.2 Å². The molecule has 2 aromatic rings. The highest BCUT2D eigenvalue weighted by molar-refractivity contribution is 5.21. The number of furan rings is 1. The second kappa shape index (κ2) is 5.32. The van der Waals surface area contributed by atoms with Gasteiger partial charge in [-0.3, -0.25) is 0 Å². The number of nitrogens with one attached hydrogen (secondary N) is 1. The van der Waals surface area contributed by atoms with E-state index >= 15 is 0 Å². The lowest BCUT2D eigenvalue weighted by Gasteiger charge is -2.03. The number of aryl methyl sites for hydroxylation is 3. The van der Waals surface area contributed by atoms with Crippen LogP contribution in [0.1, 0.15) is 35.6 Å². The standard InChI is InChI=1S/C15H21N3O2/c1-10-6-13(20-14(10)8-16-12-4-5-12)9-19-15-7-11(2)17-18(15)3/h6-7,12,16H,4-5,8-9H2,1-3H3. The van der Waals surface area contributed by atoms with Gasteiger partial charge in [-0.2, -0.15) is 5.10 Å². The molecule has 0 amide bonds. The first kappa shape index (κ1) is 13.2. The minimum absolute atomic E-state index is 0.434. The molecule has 108 valence electrons. The van der Waals surface area contributed by atoms with Crippen molar-refractivity contribution < 1.29 is 9.15 Å². The summed E-state index contributed by atoms with van der Waals surface area (Å²) >= 11 is 0. The lowest BCUT2D eigenvalue weighted by atomic mass is 10.2. The summed E-state index contributed by atoms with van der Waals surface area (Å²) in [6, 6.07) is 4.66. The number of hydrogen-bond donors (Lipinski definition) is 1. The number of nitrogens with zero attached hydrogens (tertiary/aromatic N) is 2. The smallest absolute Gasteiger partial charge is 0.212 e. The lowest BCUT2D eigenvalue weighted by molar-refractivity contribution is 0.245. The highest BCUT2D eigenvalue weighted by atomic mass is 16.5. The van der Waals surface area contributed by atoms with Crippen LogP contribution in [0.15, 0.2) is 16.5 Å². The Kier molecular flexibility index (Phi) is 3.53. The maximum Gasteiger partial charge on any atom is 0.212 e. The zero-order valence-corrected chi connectivity index (χ0v) is 12.3. The molecule has 0 radical (unpaired) electrons. The Morgan fingerprint density at radius 3 is 2.85 bits per heavy atom. The first-order valence-corrected chi connectivity index (χ1v) is 7.07. The Hall–Kier alpha value is -1.75. The molecule has 1 aliphatic carbocycles. The predicted octanol–water partition coefficient (Wildman–Crippen LogP) is 2.46. The van der Waals surface area contributed by atoms with Crippen LogP contribution in [0.2, 0.25) is 0 Å². The van der Waals surface area contributed by atoms with Gasteiger partial charge < -0.3 is 14.5 Å². The Balaban J connectivity index is 1.59. The zero-order chi connectivity index (χ0) is 14.1. The first-order valence-electron chi connectivity index (χ1n) is 7.07. The van der Waals surface area contributed by atoms with E-state index in [0.717, 1.165) is 29.6 Å². The second-order valence-electron chi connectivity index (χ2n) is 5.51. The SMILES string of the molecule is Cc1cc(OCc2cc(C)c(CNC3CC3)o2)n(C)n1. The molecule has 3 rings (SSSR count). The minimum atomic E-state index is 0.434. The molecule has 1 saturated carbocycles. The maximum atomic E-state index is 5.84. The highest BCUT2D eigenvalue weighted by Gasteiger charge is 2.21. The molecule has 0 bridgehead atoms. The Bertz CT molecular complexity index is 596. The zero-order valence-electron chi connectivity index (χ0n) is 12.3. The number of aromatic nitrogens is 2. The molecule has 0 aromatic carbocycles. The Labute approximate surface area is 118 Å². The minimum Gasteiger partial charge on any atom is -0.470 e. The van der Waals surface area contributed by atoms with Gasteiger partial charge in [0.1, 0.15) is 18.1 Å². The molecule has 2 heterocycles. The van der Waals surface area contributed by atoms with Gasteiger partial charge in [-0.15, -0.1) is 0 Å². The van der Waals surface area contributed by atoms with Crippen molar-refractivity contribution in [1.29, 1.82) is 0 Å². The van der Waals surface area contributed by atoms with E-state index in [9.17, 15) is 0 Å². The van der Waals surface area contributed by atoms with E-state index in [4.69, 9.17) is 9.15 Å². The third-order valence-electron chi connectivity index (χ3n) is 3.52. The van der Waals surface area contributed by atoms with E-state index in [1.54, 1.807) is 4.68 Å². The van der Waals surface area contributed by atoms with E-state index < -0.39 is 0 Å². The van der Waals surface area contributed by atoms with Gasteiger partial charge in [0.2, 0.25) is 5.88 Å². The molecule has 5 heteroatoms. The van der Waals surface area contributed by atoms with Crippen molar-refractivity contribution in [2.75, 3.05) is 0 Å². The Morgan fingerprint density at radius 1 is 1.40 bits per heavy atom. The summed E-state index contributed by atoms with van der Waals surface area (Å²) in [5, 5.41) is 7.72. The van der Waals surface area contributed by atoms with Gasteiger partial charge in [-0.25, -0.2) is 4.68 Å². The summed E-state index contributed by atoms with van der Waals surface area (Å²) in [4.78, 5) is 0. The fraction of sp³-hybridized carbons (Fsp3) is 0.533. The molecule has 1 fully saturated rings. The topological polar surface area (TPSA) is 52.2 Å². The van der Waals surface area contributed by atoms with Crippen LogP contribution in [0, 0.1) is 13.8 Å². The maximum absolute atomic E-state index is 5.84. The summed E-state index contributed by atoms with van der Waals surface area (Å²) in [5.41, 5.74) is 2.13. The van der Waals surface area contributed by atoms with Gasteiger partial charge in [0.15, 0.2) is 0 Å². The largest absolute Gasteiger partial charge is 0.470 e. The quantitative estimate of drug-likeness (QED) is 0.880. The van der Waals surface area contributed by atoms with Crippen LogP contribution in [-0.2, 0) is 20.2 Å². The summed E-state index contributed by atoms with van der Waals surface area (Å²) < 4.78 is 13.3. The van der Waals surface area contributed by atoms with E-state index in [0.29, 0.717) is 12.6 Å². The van der Waals surface area contributed by atoms with Crippen LogP contribution in [-0.4, -0.2) is 15.8 Å². The molecule has 5 nitrogen and oxygen atoms in total. The monoisotopic (exact) mass is 275 g/mol. The summed E-state index contributed by atoms with van der Waals surface area (Å²) in [7, 11) is 1.88. The molecular weight excluding hydrogens is 254 g/mol. The molecule has 0 spiro atoms. The van der Waals surface area contributed by atoms with Crippen molar-refractivity contribution in [2.24, 2.45) is 7.05 Å². The summed E-state index contributed by atoms with van der Waals surface area (Å²) in [5.74, 6) is 2.62. The summed E-state index contributed by atoms with van der Waals surface area (Å²) in [6.45, 7) is 5.27. The molecular formula is C15H21N3O2. The number of ether oxygens (including phenoxy) is 1. The third-order valence-corrected chi connectivity index (χ3v) is 3.52. The van der Waals surface area contributed by atoms with Crippen LogP contribution >= 0.6 is 0 Å².